The van der Waals surface area contributed by atoms with Gasteiger partial charge in [-0.2, -0.15) is 0 Å². The summed E-state index contributed by atoms with van der Waals surface area (Å²) in [5.74, 6) is -1.22. The van der Waals surface area contributed by atoms with Crippen molar-refractivity contribution >= 4 is 17.6 Å². The SMILES string of the molecule is COc1ccc(-c2ccccc2)cc1NC(=O)/C=C\C(=O)O. The van der Waals surface area contributed by atoms with Crippen molar-refractivity contribution in [2.45, 2.75) is 0 Å². The standard InChI is InChI=1S/C17H15NO4/c1-22-15-8-7-13(12-5-3-2-4-6-12)11-14(15)18-16(19)9-10-17(20)21/h2-11H,1H3,(H,18,19)(H,20,21)/b10-9-. The number of nitrogens with one attached hydrogen (secondary N) is 1. The summed E-state index contributed by atoms with van der Waals surface area (Å²) < 4.78 is 5.21. The van der Waals surface area contributed by atoms with Crippen LogP contribution < -0.4 is 10.1 Å². The number of benzene rings is 2. The van der Waals surface area contributed by atoms with Crippen LogP contribution >= 0.6 is 0 Å². The molecule has 2 aromatic carbocycles. The zero-order valence-corrected chi connectivity index (χ0v) is 11.9. The number of hydrogen-bond acceptors (Lipinski definition) is 3. The molecule has 0 aliphatic heterocycles. The number of anilines is 1. The average molecular weight is 297 g/mol. The normalized spacial score (nSPS) is 10.4. The Kier molecular flexibility index (Phi) is 4.93. The highest BCUT2D eigenvalue weighted by Crippen LogP contribution is 2.30. The maximum atomic E-state index is 11.7. The maximum absolute atomic E-state index is 11.7. The second kappa shape index (κ2) is 7.08. The predicted molar refractivity (Wildman–Crippen MR) is 83.8 cm³/mol. The van der Waals surface area contributed by atoms with Gasteiger partial charge >= 0.3 is 5.97 Å². The van der Waals surface area contributed by atoms with Crippen LogP contribution in [-0.2, 0) is 9.59 Å². The summed E-state index contributed by atoms with van der Waals surface area (Å²) in [4.78, 5) is 22.1. The zero-order valence-electron chi connectivity index (χ0n) is 11.9. The fraction of sp³-hybridized carbons (Fsp3) is 0.0588. The van der Waals surface area contributed by atoms with Crippen molar-refractivity contribution in [1.82, 2.24) is 0 Å². The Labute approximate surface area is 127 Å². The van der Waals surface area contributed by atoms with Gasteiger partial charge in [0.2, 0.25) is 5.91 Å². The van der Waals surface area contributed by atoms with E-state index in [2.05, 4.69) is 5.32 Å². The van der Waals surface area contributed by atoms with Crippen LogP contribution in [0.3, 0.4) is 0 Å². The summed E-state index contributed by atoms with van der Waals surface area (Å²) in [5.41, 5.74) is 2.39. The third-order valence-corrected chi connectivity index (χ3v) is 2.94. The first-order chi connectivity index (χ1) is 10.6. The molecule has 2 N–H and O–H groups in total. The molecule has 0 aliphatic carbocycles. The number of rotatable bonds is 5. The molecule has 2 aromatic rings. The van der Waals surface area contributed by atoms with Crippen LogP contribution in [0.5, 0.6) is 5.75 Å². The molecule has 0 radical (unpaired) electrons. The van der Waals surface area contributed by atoms with Gasteiger partial charge in [-0.1, -0.05) is 36.4 Å². The van der Waals surface area contributed by atoms with Gasteiger partial charge < -0.3 is 15.2 Å². The van der Waals surface area contributed by atoms with Crippen molar-refractivity contribution in [3.63, 3.8) is 0 Å². The van der Waals surface area contributed by atoms with E-state index in [4.69, 9.17) is 9.84 Å². The van der Waals surface area contributed by atoms with E-state index in [0.717, 1.165) is 23.3 Å². The smallest absolute Gasteiger partial charge is 0.328 e. The molecule has 5 heteroatoms. The fourth-order valence-corrected chi connectivity index (χ4v) is 1.94. The van der Waals surface area contributed by atoms with Crippen LogP contribution in [0.1, 0.15) is 0 Å². The summed E-state index contributed by atoms with van der Waals surface area (Å²) in [5, 5.41) is 11.1. The lowest BCUT2D eigenvalue weighted by Gasteiger charge is -2.11. The van der Waals surface area contributed by atoms with E-state index in [-0.39, 0.29) is 0 Å². The van der Waals surface area contributed by atoms with Crippen molar-refractivity contribution in [3.8, 4) is 16.9 Å². The largest absolute Gasteiger partial charge is 0.495 e. The van der Waals surface area contributed by atoms with Crippen LogP contribution in [0, 0.1) is 0 Å². The maximum Gasteiger partial charge on any atom is 0.328 e. The predicted octanol–water partition coefficient (Wildman–Crippen LogP) is 2.94. The van der Waals surface area contributed by atoms with E-state index < -0.39 is 11.9 Å². The Balaban J connectivity index is 2.29. The van der Waals surface area contributed by atoms with Gasteiger partial charge in [-0.15, -0.1) is 0 Å². The highest BCUT2D eigenvalue weighted by molar-refractivity contribution is 6.03. The first kappa shape index (κ1) is 15.3. The number of aliphatic carboxylic acids is 1. The number of carbonyl (C=O) groups is 2. The fourth-order valence-electron chi connectivity index (χ4n) is 1.94. The molecule has 1 amide bonds. The van der Waals surface area contributed by atoms with Gasteiger partial charge in [0.15, 0.2) is 0 Å². The minimum absolute atomic E-state index is 0.476. The first-order valence-corrected chi connectivity index (χ1v) is 6.55. The average Bonchev–Trinajstić information content (AvgIpc) is 2.53. The summed E-state index contributed by atoms with van der Waals surface area (Å²) in [7, 11) is 1.50. The van der Waals surface area contributed by atoms with Gasteiger partial charge in [-0.3, -0.25) is 4.79 Å². The number of amides is 1. The molecule has 0 bridgehead atoms. The molecule has 0 aromatic heterocycles. The van der Waals surface area contributed by atoms with Gasteiger partial charge in [0, 0.05) is 12.2 Å². The van der Waals surface area contributed by atoms with Crippen molar-refractivity contribution in [1.29, 1.82) is 0 Å². The Hall–Kier alpha value is -3.08. The molecule has 0 saturated carbocycles. The number of carboxylic acid groups (broad SMARTS) is 1. The van der Waals surface area contributed by atoms with E-state index in [0.29, 0.717) is 11.4 Å². The van der Waals surface area contributed by atoms with Crippen molar-refractivity contribution in [2.75, 3.05) is 12.4 Å². The molecule has 0 unspecified atom stereocenters. The summed E-state index contributed by atoms with van der Waals surface area (Å²) in [6, 6.07) is 15.1. The Morgan fingerprint density at radius 1 is 1.05 bits per heavy atom. The summed E-state index contributed by atoms with van der Waals surface area (Å²) in [6.45, 7) is 0. The first-order valence-electron chi connectivity index (χ1n) is 6.55. The quantitative estimate of drug-likeness (QED) is 0.832. The monoisotopic (exact) mass is 297 g/mol. The molecule has 0 atom stereocenters. The molecule has 0 saturated heterocycles. The second-order valence-corrected chi connectivity index (χ2v) is 4.44. The second-order valence-electron chi connectivity index (χ2n) is 4.44. The lowest BCUT2D eigenvalue weighted by Crippen LogP contribution is -2.09. The number of hydrogen-bond donors (Lipinski definition) is 2. The van der Waals surface area contributed by atoms with Crippen LogP contribution in [-0.4, -0.2) is 24.1 Å². The summed E-state index contributed by atoms with van der Waals surface area (Å²) >= 11 is 0. The van der Waals surface area contributed by atoms with Crippen LogP contribution in [0.15, 0.2) is 60.7 Å². The highest BCUT2D eigenvalue weighted by Gasteiger charge is 2.08. The topological polar surface area (TPSA) is 75.6 Å². The van der Waals surface area contributed by atoms with Crippen LogP contribution in [0.4, 0.5) is 5.69 Å². The van der Waals surface area contributed by atoms with Gasteiger partial charge in [-0.25, -0.2) is 4.79 Å². The summed E-state index contributed by atoms with van der Waals surface area (Å²) in [6.07, 6.45) is 1.74. The van der Waals surface area contributed by atoms with E-state index >= 15 is 0 Å². The van der Waals surface area contributed by atoms with Gasteiger partial charge in [-0.05, 0) is 23.3 Å². The van der Waals surface area contributed by atoms with Gasteiger partial charge in [0.25, 0.3) is 0 Å². The van der Waals surface area contributed by atoms with Crippen molar-refractivity contribution < 1.29 is 19.4 Å². The molecule has 5 nitrogen and oxygen atoms in total. The molecule has 0 spiro atoms. The number of methoxy groups -OCH3 is 1. The van der Waals surface area contributed by atoms with E-state index in [1.54, 1.807) is 12.1 Å². The van der Waals surface area contributed by atoms with Crippen LogP contribution in [0.25, 0.3) is 11.1 Å². The highest BCUT2D eigenvalue weighted by atomic mass is 16.5. The van der Waals surface area contributed by atoms with E-state index in [9.17, 15) is 9.59 Å². The molecule has 0 fully saturated rings. The minimum Gasteiger partial charge on any atom is -0.495 e. The minimum atomic E-state index is -1.18. The lowest BCUT2D eigenvalue weighted by atomic mass is 10.0. The molecule has 22 heavy (non-hydrogen) atoms. The van der Waals surface area contributed by atoms with Crippen molar-refractivity contribution in [3.05, 3.63) is 60.7 Å². The third-order valence-electron chi connectivity index (χ3n) is 2.94. The molecular formula is C17H15NO4. The molecule has 2 rings (SSSR count). The Morgan fingerprint density at radius 3 is 2.41 bits per heavy atom. The Morgan fingerprint density at radius 2 is 1.77 bits per heavy atom. The Bertz CT molecular complexity index is 708. The number of ether oxygens (including phenoxy) is 1. The van der Waals surface area contributed by atoms with Crippen molar-refractivity contribution in [2.24, 2.45) is 0 Å². The van der Waals surface area contributed by atoms with E-state index in [1.807, 2.05) is 36.4 Å². The molecule has 0 aliphatic rings. The van der Waals surface area contributed by atoms with Gasteiger partial charge in [0.1, 0.15) is 5.75 Å². The number of carbonyl (C=O) groups excluding carboxylic acids is 1. The van der Waals surface area contributed by atoms with E-state index in [1.165, 1.54) is 7.11 Å². The van der Waals surface area contributed by atoms with Crippen LogP contribution in [0.2, 0.25) is 0 Å². The number of carboxylic acids is 1. The van der Waals surface area contributed by atoms with Gasteiger partial charge in [0.05, 0.1) is 12.8 Å². The lowest BCUT2D eigenvalue weighted by molar-refractivity contribution is -0.131. The molecule has 112 valence electrons. The zero-order chi connectivity index (χ0) is 15.9. The molecular weight excluding hydrogens is 282 g/mol. The molecule has 0 heterocycles. The third kappa shape index (κ3) is 3.96.